The third-order valence-electron chi connectivity index (χ3n) is 8.35. The molecular formula is C24H36Br2O4. The van der Waals surface area contributed by atoms with Gasteiger partial charge >= 0.3 is 11.9 Å². The second-order valence-electron chi connectivity index (χ2n) is 10.8. The molecule has 0 bridgehead atoms. The molecule has 0 amide bonds. The van der Waals surface area contributed by atoms with Gasteiger partial charge in [0.15, 0.2) is 0 Å². The Morgan fingerprint density at radius 1 is 1.20 bits per heavy atom. The molecule has 0 heterocycles. The monoisotopic (exact) mass is 546 g/mol. The van der Waals surface area contributed by atoms with Crippen molar-refractivity contribution in [2.24, 2.45) is 28.1 Å². The number of rotatable bonds is 4. The molecule has 30 heavy (non-hydrogen) atoms. The van der Waals surface area contributed by atoms with Gasteiger partial charge in [0, 0.05) is 24.6 Å². The molecule has 0 N–H and O–H groups in total. The first-order valence-corrected chi connectivity index (χ1v) is 12.9. The summed E-state index contributed by atoms with van der Waals surface area (Å²) in [5.41, 5.74) is 1.69. The number of ether oxygens (including phenoxy) is 2. The lowest BCUT2D eigenvalue weighted by Gasteiger charge is -2.61. The van der Waals surface area contributed by atoms with Crippen LogP contribution in [0.15, 0.2) is 11.6 Å². The van der Waals surface area contributed by atoms with Crippen molar-refractivity contribution < 1.29 is 19.1 Å². The van der Waals surface area contributed by atoms with Gasteiger partial charge in [0.2, 0.25) is 0 Å². The first-order valence-electron chi connectivity index (χ1n) is 11.1. The second-order valence-corrected chi connectivity index (χ2v) is 13.0. The van der Waals surface area contributed by atoms with Gasteiger partial charge in [0.25, 0.3) is 0 Å². The first kappa shape index (κ1) is 24.3. The highest BCUT2D eigenvalue weighted by atomic mass is 79.9. The van der Waals surface area contributed by atoms with Crippen LogP contribution in [0.4, 0.5) is 0 Å². The number of carbonyl (C=O) groups excluding carboxylic acids is 2. The Morgan fingerprint density at radius 2 is 1.87 bits per heavy atom. The van der Waals surface area contributed by atoms with Crippen LogP contribution in [0.5, 0.6) is 0 Å². The van der Waals surface area contributed by atoms with Crippen molar-refractivity contribution in [3.05, 3.63) is 11.6 Å². The summed E-state index contributed by atoms with van der Waals surface area (Å²) < 4.78 is 11.3. The van der Waals surface area contributed by atoms with Crippen LogP contribution in [0.3, 0.4) is 0 Å². The van der Waals surface area contributed by atoms with E-state index in [4.69, 9.17) is 9.47 Å². The van der Waals surface area contributed by atoms with Gasteiger partial charge in [-0.2, -0.15) is 0 Å². The summed E-state index contributed by atoms with van der Waals surface area (Å²) in [5.74, 6) is 0.221. The number of carbonyl (C=O) groups is 2. The Labute approximate surface area is 198 Å². The summed E-state index contributed by atoms with van der Waals surface area (Å²) in [5, 5.41) is 0. The number of esters is 2. The lowest BCUT2D eigenvalue weighted by molar-refractivity contribution is -0.158. The summed E-state index contributed by atoms with van der Waals surface area (Å²) in [4.78, 5) is 23.8. The van der Waals surface area contributed by atoms with Gasteiger partial charge in [0.05, 0.1) is 4.83 Å². The molecule has 0 radical (unpaired) electrons. The number of allylic oxidation sites excluding steroid dienone is 1. The Bertz CT molecular complexity index is 733. The van der Waals surface area contributed by atoms with E-state index < -0.39 is 0 Å². The normalized spacial score (nSPS) is 41.0. The Hall–Kier alpha value is -0.360. The van der Waals surface area contributed by atoms with E-state index in [1.165, 1.54) is 19.4 Å². The fourth-order valence-corrected chi connectivity index (χ4v) is 7.54. The molecular weight excluding hydrogens is 512 g/mol. The number of fused-ring (bicyclic) bond motifs is 3. The molecule has 2 fully saturated rings. The summed E-state index contributed by atoms with van der Waals surface area (Å²) in [7, 11) is 0. The van der Waals surface area contributed by atoms with Gasteiger partial charge in [0.1, 0.15) is 12.7 Å². The second kappa shape index (κ2) is 8.53. The van der Waals surface area contributed by atoms with Crippen LogP contribution in [0, 0.1) is 28.1 Å². The molecule has 0 aromatic rings. The topological polar surface area (TPSA) is 52.6 Å². The molecule has 170 valence electrons. The molecule has 0 aromatic carbocycles. The van der Waals surface area contributed by atoms with Crippen molar-refractivity contribution in [2.45, 2.75) is 89.4 Å². The minimum atomic E-state index is -0.255. The highest BCUT2D eigenvalue weighted by Crippen LogP contribution is 2.65. The predicted molar refractivity (Wildman–Crippen MR) is 126 cm³/mol. The van der Waals surface area contributed by atoms with E-state index in [0.29, 0.717) is 17.4 Å². The summed E-state index contributed by atoms with van der Waals surface area (Å²) in [6, 6.07) is 0. The highest BCUT2D eigenvalue weighted by Gasteiger charge is 2.59. The minimum absolute atomic E-state index is 0.0601. The molecule has 7 atom stereocenters. The van der Waals surface area contributed by atoms with Crippen LogP contribution in [0.25, 0.3) is 0 Å². The van der Waals surface area contributed by atoms with Crippen LogP contribution < -0.4 is 0 Å². The smallest absolute Gasteiger partial charge is 0.302 e. The summed E-state index contributed by atoms with van der Waals surface area (Å²) in [6.45, 7) is 12.7. The van der Waals surface area contributed by atoms with Crippen molar-refractivity contribution in [3.63, 3.8) is 0 Å². The van der Waals surface area contributed by atoms with Gasteiger partial charge in [-0.3, -0.25) is 9.59 Å². The van der Waals surface area contributed by atoms with Crippen LogP contribution in [-0.4, -0.2) is 34.3 Å². The van der Waals surface area contributed by atoms with E-state index in [9.17, 15) is 9.59 Å². The molecule has 6 heteroatoms. The van der Waals surface area contributed by atoms with E-state index in [0.717, 1.165) is 32.1 Å². The van der Waals surface area contributed by atoms with E-state index >= 15 is 0 Å². The van der Waals surface area contributed by atoms with Gasteiger partial charge < -0.3 is 9.47 Å². The van der Waals surface area contributed by atoms with E-state index in [1.807, 2.05) is 0 Å². The average molecular weight is 548 g/mol. The molecule has 0 aromatic heterocycles. The number of alkyl halides is 2. The van der Waals surface area contributed by atoms with Crippen LogP contribution in [0.2, 0.25) is 0 Å². The molecule has 2 unspecified atom stereocenters. The molecule has 4 nitrogen and oxygen atoms in total. The van der Waals surface area contributed by atoms with Crippen molar-refractivity contribution in [3.8, 4) is 0 Å². The molecule has 0 saturated heterocycles. The Morgan fingerprint density at radius 3 is 2.47 bits per heavy atom. The number of halogens is 2. The van der Waals surface area contributed by atoms with E-state index in [-0.39, 0.29) is 45.0 Å². The van der Waals surface area contributed by atoms with Gasteiger partial charge in [-0.05, 0) is 54.3 Å². The fraction of sp³-hybridized carbons (Fsp3) is 0.833. The summed E-state index contributed by atoms with van der Waals surface area (Å²) in [6.07, 6.45) is 7.42. The van der Waals surface area contributed by atoms with Crippen molar-refractivity contribution in [1.29, 1.82) is 0 Å². The highest BCUT2D eigenvalue weighted by molar-refractivity contribution is 9.09. The molecule has 0 aliphatic heterocycles. The van der Waals surface area contributed by atoms with Crippen molar-refractivity contribution >= 4 is 43.8 Å². The minimum Gasteiger partial charge on any atom is -0.465 e. The van der Waals surface area contributed by atoms with Gasteiger partial charge in [-0.15, -0.1) is 0 Å². The molecule has 3 aliphatic carbocycles. The van der Waals surface area contributed by atoms with Crippen molar-refractivity contribution in [2.75, 3.05) is 6.61 Å². The van der Waals surface area contributed by atoms with E-state index in [2.05, 4.69) is 65.6 Å². The number of hydrogen-bond acceptors (Lipinski definition) is 4. The van der Waals surface area contributed by atoms with Crippen LogP contribution >= 0.6 is 31.9 Å². The van der Waals surface area contributed by atoms with Gasteiger partial charge in [-0.25, -0.2) is 0 Å². The maximum absolute atomic E-state index is 12.0. The SMILES string of the molecule is CC(=O)OCC(Br)[C@]1(C)CC=C2[C@H](C1)[C@@H](OC(C)=O)CC1C(C)(C)[C@@H](Br)CC[C@]21C. The average Bonchev–Trinajstić information content (AvgIpc) is 2.64. The maximum Gasteiger partial charge on any atom is 0.302 e. The fourth-order valence-electron chi connectivity index (χ4n) is 6.49. The number of hydrogen-bond donors (Lipinski definition) is 0. The standard InChI is InChI=1S/C24H36Br2O4/c1-14(27)29-13-21(26)23(5)9-7-17-16(12-23)18(30-15(2)28)11-19-22(3,4)20(25)8-10-24(17,19)6/h7,16,18-21H,8-13H2,1-6H3/t16-,18-,19?,20-,21?,23+,24+/m0/s1. The Balaban J connectivity index is 1.96. The largest absolute Gasteiger partial charge is 0.465 e. The molecule has 2 saturated carbocycles. The quantitative estimate of drug-likeness (QED) is 0.239. The van der Waals surface area contributed by atoms with Gasteiger partial charge in [-0.1, -0.05) is 71.2 Å². The lowest BCUT2D eigenvalue weighted by atomic mass is 9.45. The molecule has 0 spiro atoms. The van der Waals surface area contributed by atoms with Crippen LogP contribution in [0.1, 0.15) is 73.6 Å². The predicted octanol–water partition coefficient (Wildman–Crippen LogP) is 6.20. The lowest BCUT2D eigenvalue weighted by Crippen LogP contribution is -2.57. The van der Waals surface area contributed by atoms with E-state index in [1.54, 1.807) is 0 Å². The first-order chi connectivity index (χ1) is 13.8. The zero-order valence-corrected chi connectivity index (χ0v) is 22.3. The van der Waals surface area contributed by atoms with Crippen LogP contribution in [-0.2, 0) is 19.1 Å². The summed E-state index contributed by atoms with van der Waals surface area (Å²) >= 11 is 7.75. The maximum atomic E-state index is 12.0. The van der Waals surface area contributed by atoms with Crippen molar-refractivity contribution in [1.82, 2.24) is 0 Å². The molecule has 3 rings (SSSR count). The zero-order valence-electron chi connectivity index (χ0n) is 19.1. The molecule has 3 aliphatic rings. The third-order valence-corrected chi connectivity index (χ3v) is 11.4. The zero-order chi connectivity index (χ0) is 22.5. The Kier molecular flexibility index (Phi) is 6.91. The third kappa shape index (κ3) is 4.29.